The Kier molecular flexibility index (Phi) is 5.20. The van der Waals surface area contributed by atoms with Crippen molar-refractivity contribution in [1.82, 2.24) is 14.7 Å². The molecule has 7 nitrogen and oxygen atoms in total. The molecule has 2 N–H and O–H groups in total. The molecule has 1 aromatic heterocycles. The van der Waals surface area contributed by atoms with Gasteiger partial charge in [-0.2, -0.15) is 5.10 Å². The van der Waals surface area contributed by atoms with Gasteiger partial charge in [0.1, 0.15) is 0 Å². The van der Waals surface area contributed by atoms with E-state index in [2.05, 4.69) is 38.1 Å². The molecule has 1 fully saturated rings. The van der Waals surface area contributed by atoms with E-state index in [1.807, 2.05) is 4.68 Å². The van der Waals surface area contributed by atoms with Gasteiger partial charge in [-0.05, 0) is 25.2 Å². The van der Waals surface area contributed by atoms with Crippen molar-refractivity contribution in [2.75, 3.05) is 18.4 Å². The molecule has 24 heavy (non-hydrogen) atoms. The summed E-state index contributed by atoms with van der Waals surface area (Å²) in [5, 5.41) is 16.6. The number of urea groups is 1. The highest BCUT2D eigenvalue weighted by Gasteiger charge is 2.42. The van der Waals surface area contributed by atoms with E-state index in [0.717, 1.165) is 12.2 Å². The average molecular weight is 336 g/mol. The molecule has 134 valence electrons. The number of carboxylic acid groups (broad SMARTS) is 1. The van der Waals surface area contributed by atoms with Crippen molar-refractivity contribution >= 4 is 17.7 Å². The van der Waals surface area contributed by atoms with Crippen LogP contribution in [0.15, 0.2) is 6.20 Å². The van der Waals surface area contributed by atoms with Crippen molar-refractivity contribution in [3.8, 4) is 0 Å². The highest BCUT2D eigenvalue weighted by Crippen LogP contribution is 2.31. The number of anilines is 1. The van der Waals surface area contributed by atoms with Gasteiger partial charge in [0.2, 0.25) is 0 Å². The van der Waals surface area contributed by atoms with Gasteiger partial charge < -0.3 is 15.3 Å². The number of likely N-dealkylation sites (tertiary alicyclic amines) is 1. The normalized spacial score (nSPS) is 20.9. The summed E-state index contributed by atoms with van der Waals surface area (Å²) in [5.74, 6) is -0.171. The van der Waals surface area contributed by atoms with Crippen molar-refractivity contribution in [2.45, 2.75) is 53.5 Å². The summed E-state index contributed by atoms with van der Waals surface area (Å²) in [4.78, 5) is 25.4. The van der Waals surface area contributed by atoms with Gasteiger partial charge >= 0.3 is 12.0 Å². The maximum absolute atomic E-state index is 12.5. The standard InChI is InChI=1S/C17H28N4O3/c1-11(2)9-21-14(12(3)4)13(8-18-21)19-16(24)20-7-6-17(5,10-20)15(22)23/h8,11-12H,6-7,9-10H2,1-5H3,(H,19,24)(H,22,23). The Hall–Kier alpha value is -2.05. The number of aliphatic carboxylic acids is 1. The topological polar surface area (TPSA) is 87.5 Å². The van der Waals surface area contributed by atoms with Gasteiger partial charge in [0, 0.05) is 19.6 Å². The molecule has 1 unspecified atom stereocenters. The zero-order chi connectivity index (χ0) is 18.1. The third-order valence-corrected chi connectivity index (χ3v) is 4.48. The van der Waals surface area contributed by atoms with E-state index >= 15 is 0 Å². The van der Waals surface area contributed by atoms with E-state index in [1.165, 1.54) is 0 Å². The molecule has 1 aromatic rings. The lowest BCUT2D eigenvalue weighted by Crippen LogP contribution is -2.37. The second-order valence-corrected chi connectivity index (χ2v) is 7.64. The Morgan fingerprint density at radius 2 is 2.04 bits per heavy atom. The molecule has 0 radical (unpaired) electrons. The first kappa shape index (κ1) is 18.3. The number of hydrogen-bond donors (Lipinski definition) is 2. The van der Waals surface area contributed by atoms with Crippen LogP contribution < -0.4 is 5.32 Å². The lowest BCUT2D eigenvalue weighted by Gasteiger charge is -2.21. The molecule has 0 bridgehead atoms. The Bertz CT molecular complexity index is 623. The fourth-order valence-corrected chi connectivity index (χ4v) is 3.09. The number of aromatic nitrogens is 2. The third-order valence-electron chi connectivity index (χ3n) is 4.48. The van der Waals surface area contributed by atoms with Crippen LogP contribution in [0.2, 0.25) is 0 Å². The van der Waals surface area contributed by atoms with Crippen LogP contribution in [-0.4, -0.2) is 44.9 Å². The summed E-state index contributed by atoms with van der Waals surface area (Å²) < 4.78 is 1.94. The maximum Gasteiger partial charge on any atom is 0.321 e. The molecule has 1 saturated heterocycles. The molecule has 1 aliphatic heterocycles. The molecule has 0 saturated carbocycles. The Morgan fingerprint density at radius 1 is 1.38 bits per heavy atom. The van der Waals surface area contributed by atoms with Gasteiger partial charge in [-0.15, -0.1) is 0 Å². The quantitative estimate of drug-likeness (QED) is 0.865. The molecule has 2 amide bonds. The van der Waals surface area contributed by atoms with Crippen LogP contribution >= 0.6 is 0 Å². The minimum atomic E-state index is -0.861. The zero-order valence-corrected chi connectivity index (χ0v) is 15.2. The van der Waals surface area contributed by atoms with E-state index < -0.39 is 11.4 Å². The van der Waals surface area contributed by atoms with E-state index in [4.69, 9.17) is 0 Å². The molecule has 0 spiro atoms. The van der Waals surface area contributed by atoms with Gasteiger partial charge in [0.25, 0.3) is 0 Å². The monoisotopic (exact) mass is 336 g/mol. The summed E-state index contributed by atoms with van der Waals surface area (Å²) >= 11 is 0. The lowest BCUT2D eigenvalue weighted by molar-refractivity contribution is -0.146. The summed E-state index contributed by atoms with van der Waals surface area (Å²) in [5.41, 5.74) is 0.844. The largest absolute Gasteiger partial charge is 0.481 e. The number of rotatable bonds is 5. The van der Waals surface area contributed by atoms with Crippen LogP contribution in [0.3, 0.4) is 0 Å². The first-order valence-electron chi connectivity index (χ1n) is 8.49. The van der Waals surface area contributed by atoms with E-state index in [9.17, 15) is 14.7 Å². The highest BCUT2D eigenvalue weighted by atomic mass is 16.4. The molecule has 2 rings (SSSR count). The van der Waals surface area contributed by atoms with Crippen LogP contribution in [0.4, 0.5) is 10.5 Å². The van der Waals surface area contributed by atoms with E-state index in [0.29, 0.717) is 24.6 Å². The summed E-state index contributed by atoms with van der Waals surface area (Å²) in [6.45, 7) is 11.5. The number of carbonyl (C=O) groups is 2. The van der Waals surface area contributed by atoms with Crippen LogP contribution in [0, 0.1) is 11.3 Å². The lowest BCUT2D eigenvalue weighted by atomic mass is 9.90. The number of amides is 2. The van der Waals surface area contributed by atoms with Crippen molar-refractivity contribution in [2.24, 2.45) is 11.3 Å². The first-order valence-corrected chi connectivity index (χ1v) is 8.49. The number of carboxylic acids is 1. The van der Waals surface area contributed by atoms with Gasteiger partial charge in [0.05, 0.1) is 23.0 Å². The molecular formula is C17H28N4O3. The minimum Gasteiger partial charge on any atom is -0.481 e. The van der Waals surface area contributed by atoms with Crippen LogP contribution in [-0.2, 0) is 11.3 Å². The van der Waals surface area contributed by atoms with Crippen molar-refractivity contribution in [3.05, 3.63) is 11.9 Å². The van der Waals surface area contributed by atoms with Crippen LogP contribution in [0.1, 0.15) is 52.7 Å². The number of hydrogen-bond acceptors (Lipinski definition) is 3. The Morgan fingerprint density at radius 3 is 2.54 bits per heavy atom. The smallest absolute Gasteiger partial charge is 0.321 e. The second kappa shape index (κ2) is 6.83. The fourth-order valence-electron chi connectivity index (χ4n) is 3.09. The maximum atomic E-state index is 12.5. The summed E-state index contributed by atoms with van der Waals surface area (Å²) in [6.07, 6.45) is 2.15. The zero-order valence-electron chi connectivity index (χ0n) is 15.2. The predicted molar refractivity (Wildman–Crippen MR) is 92.1 cm³/mol. The summed E-state index contributed by atoms with van der Waals surface area (Å²) in [7, 11) is 0. The Labute approximate surface area is 143 Å². The van der Waals surface area contributed by atoms with Gasteiger partial charge in [0.15, 0.2) is 0 Å². The molecule has 0 aromatic carbocycles. The van der Waals surface area contributed by atoms with E-state index in [1.54, 1.807) is 18.0 Å². The average Bonchev–Trinajstić information content (AvgIpc) is 3.03. The van der Waals surface area contributed by atoms with E-state index in [-0.39, 0.29) is 18.5 Å². The number of nitrogens with one attached hydrogen (secondary N) is 1. The number of nitrogens with zero attached hydrogens (tertiary/aromatic N) is 3. The van der Waals surface area contributed by atoms with Crippen LogP contribution in [0.5, 0.6) is 0 Å². The SMILES string of the molecule is CC(C)Cn1ncc(NC(=O)N2CCC(C)(C(=O)O)C2)c1C(C)C. The number of carbonyl (C=O) groups excluding carboxylic acids is 1. The Balaban J connectivity index is 2.12. The predicted octanol–water partition coefficient (Wildman–Crippen LogP) is 2.99. The molecule has 1 atom stereocenters. The minimum absolute atomic E-state index is 0.226. The van der Waals surface area contributed by atoms with Gasteiger partial charge in [-0.1, -0.05) is 27.7 Å². The third kappa shape index (κ3) is 3.71. The molecule has 7 heteroatoms. The van der Waals surface area contributed by atoms with Gasteiger partial charge in [-0.25, -0.2) is 4.79 Å². The van der Waals surface area contributed by atoms with Crippen LogP contribution in [0.25, 0.3) is 0 Å². The fraction of sp³-hybridized carbons (Fsp3) is 0.706. The molecular weight excluding hydrogens is 308 g/mol. The van der Waals surface area contributed by atoms with Crippen molar-refractivity contribution in [1.29, 1.82) is 0 Å². The molecule has 0 aliphatic carbocycles. The molecule has 1 aliphatic rings. The van der Waals surface area contributed by atoms with Crippen molar-refractivity contribution in [3.63, 3.8) is 0 Å². The van der Waals surface area contributed by atoms with Crippen molar-refractivity contribution < 1.29 is 14.7 Å². The molecule has 2 heterocycles. The highest BCUT2D eigenvalue weighted by molar-refractivity contribution is 5.91. The van der Waals surface area contributed by atoms with Gasteiger partial charge in [-0.3, -0.25) is 9.48 Å². The first-order chi connectivity index (χ1) is 11.1. The summed E-state index contributed by atoms with van der Waals surface area (Å²) in [6, 6.07) is -0.258. The second-order valence-electron chi connectivity index (χ2n) is 7.64.